The average Bonchev–Trinajstić information content (AvgIpc) is 2.03. The molecule has 0 bridgehead atoms. The SMILES string of the molecule is C=N.C=N.C=N.C=N.[B]. The summed E-state index contributed by atoms with van der Waals surface area (Å²) < 4.78 is 0. The van der Waals surface area contributed by atoms with E-state index in [1.165, 1.54) is 0 Å². The van der Waals surface area contributed by atoms with Gasteiger partial charge in [0.15, 0.2) is 0 Å². The van der Waals surface area contributed by atoms with E-state index < -0.39 is 0 Å². The molecular formula is C4H12BN4. The van der Waals surface area contributed by atoms with Crippen LogP contribution in [0, 0.1) is 21.6 Å². The van der Waals surface area contributed by atoms with Crippen molar-refractivity contribution >= 4 is 35.3 Å². The van der Waals surface area contributed by atoms with Gasteiger partial charge in [0.25, 0.3) is 0 Å². The fourth-order valence-electron chi connectivity index (χ4n) is 0. The molecule has 0 atom stereocenters. The summed E-state index contributed by atoms with van der Waals surface area (Å²) in [4.78, 5) is 0. The van der Waals surface area contributed by atoms with Gasteiger partial charge in [0.2, 0.25) is 0 Å². The maximum absolute atomic E-state index is 5.50. The van der Waals surface area contributed by atoms with Crippen molar-refractivity contribution in [2.75, 3.05) is 0 Å². The molecule has 0 saturated heterocycles. The smallest absolute Gasteiger partial charge is 0 e. The molecule has 3 radical (unpaired) electrons. The second-order valence-corrected chi connectivity index (χ2v) is 0. The summed E-state index contributed by atoms with van der Waals surface area (Å²) in [6.45, 7) is 10.0. The Morgan fingerprint density at radius 2 is 0.444 bits per heavy atom. The summed E-state index contributed by atoms with van der Waals surface area (Å²) in [5.74, 6) is 0. The minimum Gasteiger partial charge on any atom is -0.317 e. The standard InChI is InChI=1S/4CH3N.B/c4*1-2;/h4*2H,1H2;. The highest BCUT2D eigenvalue weighted by molar-refractivity contribution is 5.75. The van der Waals surface area contributed by atoms with Crippen molar-refractivity contribution in [2.45, 2.75) is 0 Å². The predicted molar refractivity (Wildman–Crippen MR) is 45.1 cm³/mol. The first-order valence-electron chi connectivity index (χ1n) is 1.41. The van der Waals surface area contributed by atoms with Crippen LogP contribution in [0.4, 0.5) is 0 Å². The number of nitrogens with one attached hydrogen (secondary N) is 4. The van der Waals surface area contributed by atoms with Gasteiger partial charge in [0, 0.05) is 8.41 Å². The van der Waals surface area contributed by atoms with Crippen LogP contribution < -0.4 is 0 Å². The third kappa shape index (κ3) is 96.4. The molecule has 51 valence electrons. The van der Waals surface area contributed by atoms with E-state index in [-0.39, 0.29) is 8.41 Å². The lowest BCUT2D eigenvalue weighted by molar-refractivity contribution is 1.61. The van der Waals surface area contributed by atoms with Gasteiger partial charge in [-0.05, 0) is 26.9 Å². The molecule has 9 heavy (non-hydrogen) atoms. The molecule has 0 aromatic carbocycles. The molecule has 0 aromatic rings. The summed E-state index contributed by atoms with van der Waals surface area (Å²) in [5, 5.41) is 22.0. The third-order valence-electron chi connectivity index (χ3n) is 0. The minimum absolute atomic E-state index is 0. The van der Waals surface area contributed by atoms with Crippen molar-refractivity contribution in [3.8, 4) is 0 Å². The number of hydrogen-bond acceptors (Lipinski definition) is 4. The topological polar surface area (TPSA) is 95.4 Å². The Hall–Kier alpha value is -1.26. The summed E-state index contributed by atoms with van der Waals surface area (Å²) in [7, 11) is 0. The second-order valence-electron chi connectivity index (χ2n) is 0. The van der Waals surface area contributed by atoms with Gasteiger partial charge in [-0.3, -0.25) is 0 Å². The highest BCUT2D eigenvalue weighted by Gasteiger charge is 0.561. The van der Waals surface area contributed by atoms with Crippen LogP contribution in [0.25, 0.3) is 0 Å². The molecule has 0 fully saturated rings. The van der Waals surface area contributed by atoms with Crippen molar-refractivity contribution in [3.63, 3.8) is 0 Å². The van der Waals surface area contributed by atoms with Gasteiger partial charge in [0.05, 0.1) is 0 Å². The molecule has 4 nitrogen and oxygen atoms in total. The van der Waals surface area contributed by atoms with Gasteiger partial charge in [-0.1, -0.05) is 0 Å². The lowest BCUT2D eigenvalue weighted by atomic mass is 10.8. The summed E-state index contributed by atoms with van der Waals surface area (Å²) in [5.41, 5.74) is 0. The largest absolute Gasteiger partial charge is 0.317 e. The van der Waals surface area contributed by atoms with Crippen LogP contribution in [0.1, 0.15) is 0 Å². The molecule has 4 N–H and O–H groups in total. The Labute approximate surface area is 57.9 Å². The Bertz CT molecular complexity index is 20.5. The normalized spacial score (nSPS) is 1.78. The van der Waals surface area contributed by atoms with E-state index >= 15 is 0 Å². The summed E-state index contributed by atoms with van der Waals surface area (Å²) in [6.07, 6.45) is 0. The Morgan fingerprint density at radius 1 is 0.444 bits per heavy atom. The molecule has 0 aliphatic rings. The van der Waals surface area contributed by atoms with Crippen LogP contribution in [-0.4, -0.2) is 35.3 Å². The van der Waals surface area contributed by atoms with Crippen molar-refractivity contribution in [1.82, 2.24) is 0 Å². The zero-order valence-electron chi connectivity index (χ0n) is 5.41. The van der Waals surface area contributed by atoms with Gasteiger partial charge in [-0.15, -0.1) is 0 Å². The Morgan fingerprint density at radius 3 is 0.444 bits per heavy atom. The quantitative estimate of drug-likeness (QED) is 0.272. The molecule has 0 amide bonds. The molecule has 0 aliphatic carbocycles. The average molecular weight is 127 g/mol. The molecular weight excluding hydrogens is 115 g/mol. The van der Waals surface area contributed by atoms with Crippen LogP contribution in [0.15, 0.2) is 0 Å². The zero-order chi connectivity index (χ0) is 8.00. The van der Waals surface area contributed by atoms with Crippen molar-refractivity contribution in [2.24, 2.45) is 0 Å². The van der Waals surface area contributed by atoms with Crippen LogP contribution >= 0.6 is 0 Å². The molecule has 0 heterocycles. The maximum Gasteiger partial charge on any atom is 0 e. The van der Waals surface area contributed by atoms with Gasteiger partial charge in [-0.2, -0.15) is 0 Å². The van der Waals surface area contributed by atoms with E-state index in [1.807, 2.05) is 0 Å². The fraction of sp³-hybridized carbons (Fsp3) is 0. The van der Waals surface area contributed by atoms with Crippen LogP contribution in [0.5, 0.6) is 0 Å². The number of rotatable bonds is 0. The first-order valence-corrected chi connectivity index (χ1v) is 1.41. The zero-order valence-corrected chi connectivity index (χ0v) is 5.41. The van der Waals surface area contributed by atoms with E-state index in [1.54, 1.807) is 0 Å². The van der Waals surface area contributed by atoms with E-state index in [0.29, 0.717) is 0 Å². The summed E-state index contributed by atoms with van der Waals surface area (Å²) >= 11 is 0. The van der Waals surface area contributed by atoms with E-state index in [2.05, 4.69) is 26.9 Å². The monoisotopic (exact) mass is 127 g/mol. The fourth-order valence-corrected chi connectivity index (χ4v) is 0. The first-order chi connectivity index (χ1) is 4.00. The van der Waals surface area contributed by atoms with Gasteiger partial charge >= 0.3 is 0 Å². The lowest BCUT2D eigenvalue weighted by Crippen LogP contribution is -0.827. The number of hydrogen-bond donors (Lipinski definition) is 4. The van der Waals surface area contributed by atoms with Crippen molar-refractivity contribution < 1.29 is 0 Å². The van der Waals surface area contributed by atoms with Crippen LogP contribution in [-0.2, 0) is 0 Å². The molecule has 0 spiro atoms. The Kier molecular flexibility index (Phi) is 734. The van der Waals surface area contributed by atoms with Crippen molar-refractivity contribution in [1.29, 1.82) is 21.6 Å². The summed E-state index contributed by atoms with van der Waals surface area (Å²) in [6, 6.07) is 0. The third-order valence-corrected chi connectivity index (χ3v) is 0. The molecule has 0 rings (SSSR count). The van der Waals surface area contributed by atoms with Crippen LogP contribution in [0.3, 0.4) is 0 Å². The van der Waals surface area contributed by atoms with Crippen LogP contribution in [0.2, 0.25) is 0 Å². The van der Waals surface area contributed by atoms with E-state index in [9.17, 15) is 0 Å². The molecule has 0 aromatic heterocycles. The molecule has 0 aliphatic heterocycles. The minimum atomic E-state index is 0. The molecule has 0 unspecified atom stereocenters. The van der Waals surface area contributed by atoms with Gasteiger partial charge in [-0.25, -0.2) is 0 Å². The Balaban J connectivity index is -0.00000000762. The second kappa shape index (κ2) is 141. The highest BCUT2D eigenvalue weighted by atomic mass is 14.2. The highest BCUT2D eigenvalue weighted by Crippen LogP contribution is 0.639. The molecule has 0 saturated carbocycles. The van der Waals surface area contributed by atoms with Crippen molar-refractivity contribution in [3.05, 3.63) is 0 Å². The van der Waals surface area contributed by atoms with E-state index in [4.69, 9.17) is 21.6 Å². The van der Waals surface area contributed by atoms with Gasteiger partial charge < -0.3 is 21.6 Å². The predicted octanol–water partition coefficient (Wildman–Crippen LogP) is 0.682. The van der Waals surface area contributed by atoms with E-state index in [0.717, 1.165) is 0 Å². The first kappa shape index (κ1) is 46.8. The lowest BCUT2D eigenvalue weighted by Gasteiger charge is -0.890. The van der Waals surface area contributed by atoms with Gasteiger partial charge in [0.1, 0.15) is 0 Å². The maximum atomic E-state index is 5.50. The molecule has 5 heteroatoms.